The van der Waals surface area contributed by atoms with E-state index in [1.54, 1.807) is 4.90 Å². The number of nitrogens with one attached hydrogen (secondary N) is 1. The fourth-order valence-electron chi connectivity index (χ4n) is 2.76. The maximum atomic E-state index is 12.4. The molecule has 0 aromatic carbocycles. The third-order valence-corrected chi connectivity index (χ3v) is 5.98. The number of nitrogens with zero attached hydrogens (tertiary/aromatic N) is 2. The molecule has 22 heavy (non-hydrogen) atoms. The first-order valence-electron chi connectivity index (χ1n) is 6.95. The Labute approximate surface area is 133 Å². The highest BCUT2D eigenvalue weighted by Gasteiger charge is 2.32. The van der Waals surface area contributed by atoms with Crippen molar-refractivity contribution in [2.45, 2.75) is 24.2 Å². The predicted octanol–water partition coefficient (Wildman–Crippen LogP) is 1.81. The van der Waals surface area contributed by atoms with Gasteiger partial charge in [0, 0.05) is 30.1 Å². The average Bonchev–Trinajstić information content (AvgIpc) is 3.16. The molecule has 0 spiro atoms. The van der Waals surface area contributed by atoms with Gasteiger partial charge in [0.15, 0.2) is 9.84 Å². The average molecular weight is 339 g/mol. The van der Waals surface area contributed by atoms with E-state index in [0.29, 0.717) is 18.8 Å². The summed E-state index contributed by atoms with van der Waals surface area (Å²) in [6, 6.07) is 3.77. The summed E-state index contributed by atoms with van der Waals surface area (Å²) >= 11 is 1.48. The number of aromatic nitrogens is 2. The molecule has 2 aromatic heterocycles. The number of aryl methyl sites for hydroxylation is 1. The lowest BCUT2D eigenvalue weighted by molar-refractivity contribution is 0.0795. The van der Waals surface area contributed by atoms with Crippen molar-refractivity contribution in [2.75, 3.05) is 19.3 Å². The van der Waals surface area contributed by atoms with Crippen LogP contribution in [0.2, 0.25) is 0 Å². The van der Waals surface area contributed by atoms with Gasteiger partial charge in [0.2, 0.25) is 0 Å². The molecule has 0 saturated carbocycles. The summed E-state index contributed by atoms with van der Waals surface area (Å²) in [5.74, 6) is -0.00162. The van der Waals surface area contributed by atoms with Crippen LogP contribution in [0.15, 0.2) is 23.2 Å². The largest absolute Gasteiger partial charge is 0.337 e. The van der Waals surface area contributed by atoms with E-state index in [1.165, 1.54) is 23.8 Å². The summed E-state index contributed by atoms with van der Waals surface area (Å²) in [6.07, 6.45) is 3.26. The number of hydrogen-bond donors (Lipinski definition) is 1. The van der Waals surface area contributed by atoms with Crippen LogP contribution >= 0.6 is 11.3 Å². The first-order chi connectivity index (χ1) is 10.4. The van der Waals surface area contributed by atoms with Gasteiger partial charge in [-0.05, 0) is 25.5 Å². The molecule has 1 amide bonds. The molecule has 0 radical (unpaired) electrons. The molecule has 3 heterocycles. The van der Waals surface area contributed by atoms with Gasteiger partial charge in [-0.25, -0.2) is 8.42 Å². The number of rotatable bonds is 3. The van der Waals surface area contributed by atoms with E-state index in [9.17, 15) is 13.2 Å². The quantitative estimate of drug-likeness (QED) is 0.924. The number of H-pyrrole nitrogens is 1. The van der Waals surface area contributed by atoms with Crippen molar-refractivity contribution in [3.63, 3.8) is 0 Å². The normalized spacial score (nSPS) is 18.8. The lowest BCUT2D eigenvalue weighted by Gasteiger charge is -2.15. The number of carbonyl (C=O) groups excluding carboxylic acids is 1. The van der Waals surface area contributed by atoms with Crippen LogP contribution in [0.5, 0.6) is 0 Å². The fraction of sp³-hybridized carbons (Fsp3) is 0.429. The molecule has 3 rings (SSSR count). The molecule has 2 aromatic rings. The summed E-state index contributed by atoms with van der Waals surface area (Å²) in [4.78, 5) is 16.3. The SMILES string of the molecule is Cc1ccc(C(=O)N2CC[C@@H](c3[nH]ncc3S(C)(=O)=O)C2)s1. The van der Waals surface area contributed by atoms with Gasteiger partial charge in [0.05, 0.1) is 16.8 Å². The second kappa shape index (κ2) is 5.51. The van der Waals surface area contributed by atoms with E-state index < -0.39 is 9.84 Å². The highest BCUT2D eigenvalue weighted by atomic mass is 32.2. The number of amides is 1. The van der Waals surface area contributed by atoms with Crippen molar-refractivity contribution in [2.24, 2.45) is 0 Å². The maximum absolute atomic E-state index is 12.4. The van der Waals surface area contributed by atoms with Crippen molar-refractivity contribution in [1.29, 1.82) is 0 Å². The van der Waals surface area contributed by atoms with Crippen molar-refractivity contribution < 1.29 is 13.2 Å². The van der Waals surface area contributed by atoms with E-state index in [1.807, 2.05) is 19.1 Å². The van der Waals surface area contributed by atoms with Gasteiger partial charge in [0.25, 0.3) is 5.91 Å². The van der Waals surface area contributed by atoms with Crippen molar-refractivity contribution in [3.05, 3.63) is 33.8 Å². The van der Waals surface area contributed by atoms with Gasteiger partial charge in [-0.2, -0.15) is 5.10 Å². The maximum Gasteiger partial charge on any atom is 0.263 e. The van der Waals surface area contributed by atoms with E-state index in [4.69, 9.17) is 0 Å². The molecular formula is C14H17N3O3S2. The smallest absolute Gasteiger partial charge is 0.263 e. The van der Waals surface area contributed by atoms with E-state index >= 15 is 0 Å². The van der Waals surface area contributed by atoms with Crippen LogP contribution in [0.3, 0.4) is 0 Å². The van der Waals surface area contributed by atoms with Crippen molar-refractivity contribution in [1.82, 2.24) is 15.1 Å². The molecule has 1 N–H and O–H groups in total. The Morgan fingerprint density at radius 2 is 2.23 bits per heavy atom. The van der Waals surface area contributed by atoms with Crippen LogP contribution in [-0.4, -0.2) is 48.8 Å². The Morgan fingerprint density at radius 1 is 1.45 bits per heavy atom. The second-order valence-electron chi connectivity index (χ2n) is 5.57. The molecule has 1 aliphatic heterocycles. The van der Waals surface area contributed by atoms with Gasteiger partial charge < -0.3 is 4.90 Å². The molecule has 1 aliphatic rings. The number of sulfone groups is 1. The van der Waals surface area contributed by atoms with Gasteiger partial charge in [-0.3, -0.25) is 9.89 Å². The zero-order valence-electron chi connectivity index (χ0n) is 12.4. The van der Waals surface area contributed by atoms with Crippen molar-refractivity contribution in [3.8, 4) is 0 Å². The number of thiophene rings is 1. The topological polar surface area (TPSA) is 83.1 Å². The molecule has 0 aliphatic carbocycles. The number of hydrogen-bond acceptors (Lipinski definition) is 5. The van der Waals surface area contributed by atoms with Crippen LogP contribution in [-0.2, 0) is 9.84 Å². The lowest BCUT2D eigenvalue weighted by Crippen LogP contribution is -2.27. The Balaban J connectivity index is 1.78. The number of likely N-dealkylation sites (tertiary alicyclic amines) is 1. The van der Waals surface area contributed by atoms with E-state index in [2.05, 4.69) is 10.2 Å². The van der Waals surface area contributed by atoms with E-state index in [0.717, 1.165) is 16.2 Å². The molecule has 1 atom stereocenters. The third-order valence-electron chi connectivity index (χ3n) is 3.87. The summed E-state index contributed by atoms with van der Waals surface area (Å²) in [6.45, 7) is 3.11. The van der Waals surface area contributed by atoms with Gasteiger partial charge in [-0.15, -0.1) is 11.3 Å². The molecule has 1 fully saturated rings. The standard InChI is InChI=1S/C14H17N3O3S2/c1-9-3-4-11(21-9)14(18)17-6-5-10(8-17)13-12(7-15-16-13)22(2,19)20/h3-4,7,10H,5-6,8H2,1-2H3,(H,15,16)/t10-/m1/s1. The Morgan fingerprint density at radius 3 is 2.86 bits per heavy atom. The monoisotopic (exact) mass is 339 g/mol. The second-order valence-corrected chi connectivity index (χ2v) is 8.84. The van der Waals surface area contributed by atoms with E-state index in [-0.39, 0.29) is 16.7 Å². The minimum atomic E-state index is -3.31. The van der Waals surface area contributed by atoms with Crippen LogP contribution < -0.4 is 0 Å². The van der Waals surface area contributed by atoms with Crippen LogP contribution in [0, 0.1) is 6.92 Å². The highest BCUT2D eigenvalue weighted by Crippen LogP contribution is 2.31. The fourth-order valence-corrected chi connectivity index (χ4v) is 4.45. The zero-order valence-corrected chi connectivity index (χ0v) is 14.0. The highest BCUT2D eigenvalue weighted by molar-refractivity contribution is 7.90. The lowest BCUT2D eigenvalue weighted by atomic mass is 10.1. The molecule has 0 unspecified atom stereocenters. The van der Waals surface area contributed by atoms with Crippen LogP contribution in [0.1, 0.15) is 32.6 Å². The molecule has 0 bridgehead atoms. The molecular weight excluding hydrogens is 322 g/mol. The molecule has 6 nitrogen and oxygen atoms in total. The molecule has 1 saturated heterocycles. The number of carbonyl (C=O) groups is 1. The van der Waals surface area contributed by atoms with Gasteiger partial charge in [-0.1, -0.05) is 0 Å². The first kappa shape index (κ1) is 15.2. The predicted molar refractivity (Wildman–Crippen MR) is 84.0 cm³/mol. The van der Waals surface area contributed by atoms with Gasteiger partial charge in [0.1, 0.15) is 4.90 Å². The van der Waals surface area contributed by atoms with Crippen molar-refractivity contribution >= 4 is 27.1 Å². The minimum Gasteiger partial charge on any atom is -0.337 e. The Bertz CT molecular complexity index is 807. The number of aromatic amines is 1. The third kappa shape index (κ3) is 2.80. The first-order valence-corrected chi connectivity index (χ1v) is 9.66. The Kier molecular flexibility index (Phi) is 3.82. The summed E-state index contributed by atoms with van der Waals surface area (Å²) < 4.78 is 23.5. The summed E-state index contributed by atoms with van der Waals surface area (Å²) in [5, 5.41) is 6.65. The van der Waals surface area contributed by atoms with Crippen LogP contribution in [0.25, 0.3) is 0 Å². The molecule has 118 valence electrons. The van der Waals surface area contributed by atoms with Crippen LogP contribution in [0.4, 0.5) is 0 Å². The minimum absolute atomic E-state index is 0.0148. The summed E-state index contributed by atoms with van der Waals surface area (Å²) in [5.41, 5.74) is 0.611. The zero-order chi connectivity index (χ0) is 15.9. The van der Waals surface area contributed by atoms with Gasteiger partial charge >= 0.3 is 0 Å². The summed E-state index contributed by atoms with van der Waals surface area (Å²) in [7, 11) is -3.31. The molecule has 8 heteroatoms. The Hall–Kier alpha value is -1.67.